The van der Waals surface area contributed by atoms with Crippen LogP contribution in [0.1, 0.15) is 22.3 Å². The first-order chi connectivity index (χ1) is 40.2. The molecule has 3 aromatic heterocycles. The van der Waals surface area contributed by atoms with Gasteiger partial charge in [0.15, 0.2) is 17.5 Å². The third-order valence-electron chi connectivity index (χ3n) is 14.9. The molecule has 0 bridgehead atoms. The molecule has 0 aliphatic carbocycles. The maximum Gasteiger partial charge on any atom is 0.417 e. The van der Waals surface area contributed by atoms with Gasteiger partial charge in [-0.3, -0.25) is 0 Å². The van der Waals surface area contributed by atoms with Crippen molar-refractivity contribution in [2.24, 2.45) is 0 Å². The standard InChI is InChI=1S/C67H37F12N5/c68-64(69,70)43-26-28-46(54(36-43)66(74,75)76)40-23-30-57-51(33-40)52-34-41(47-29-27-44(65(71,72)73)37-55(47)67(77,78)79)24-31-58(52)84(57)59-32-25-42(48-20-12-21-50-49-19-10-11-22-56(49)83(60(48)50)45-17-8-3-9-18-45)35-53(59)63-81-61(38-13-4-1-5-14-38)80-62(82-63)39-15-6-2-7-16-39/h1-37H. The topological polar surface area (TPSA) is 48.5 Å². The van der Waals surface area contributed by atoms with E-state index in [-0.39, 0.29) is 62.5 Å². The van der Waals surface area contributed by atoms with Gasteiger partial charge in [0.2, 0.25) is 0 Å². The molecular weight excluding hydrogens is 1100 g/mol. The zero-order valence-corrected chi connectivity index (χ0v) is 43.1. The van der Waals surface area contributed by atoms with Gasteiger partial charge in [0, 0.05) is 49.5 Å². The van der Waals surface area contributed by atoms with Crippen molar-refractivity contribution < 1.29 is 52.7 Å². The van der Waals surface area contributed by atoms with E-state index in [9.17, 15) is 52.7 Å². The highest BCUT2D eigenvalue weighted by Gasteiger charge is 2.40. The minimum atomic E-state index is -5.29. The molecule has 17 heteroatoms. The van der Waals surface area contributed by atoms with Crippen molar-refractivity contribution in [1.29, 1.82) is 0 Å². The molecular formula is C67H37F12N5. The number of halogens is 12. The molecule has 5 nitrogen and oxygen atoms in total. The maximum atomic E-state index is 14.9. The number of hydrogen-bond donors (Lipinski definition) is 0. The van der Waals surface area contributed by atoms with E-state index in [1.165, 1.54) is 36.4 Å². The fourth-order valence-electron chi connectivity index (χ4n) is 11.1. The van der Waals surface area contributed by atoms with Crippen LogP contribution in [0.25, 0.3) is 123 Å². The Labute approximate surface area is 469 Å². The first kappa shape index (κ1) is 53.3. The maximum absolute atomic E-state index is 14.9. The molecule has 84 heavy (non-hydrogen) atoms. The fourth-order valence-corrected chi connectivity index (χ4v) is 11.1. The minimum absolute atomic E-state index is 0.0139. The Hall–Kier alpha value is -10.0. The van der Waals surface area contributed by atoms with Crippen LogP contribution < -0.4 is 0 Å². The summed E-state index contributed by atoms with van der Waals surface area (Å²) in [6.07, 6.45) is -20.9. The molecule has 0 saturated heterocycles. The molecule has 13 aromatic rings. The zero-order chi connectivity index (χ0) is 58.5. The summed E-state index contributed by atoms with van der Waals surface area (Å²) in [7, 11) is 0. The first-order valence-electron chi connectivity index (χ1n) is 25.9. The molecule has 0 N–H and O–H groups in total. The lowest BCUT2D eigenvalue weighted by atomic mass is 9.94. The van der Waals surface area contributed by atoms with Gasteiger partial charge in [0.1, 0.15) is 0 Å². The van der Waals surface area contributed by atoms with Crippen LogP contribution in [-0.2, 0) is 24.7 Å². The molecule has 0 spiro atoms. The second kappa shape index (κ2) is 19.9. The molecule has 0 amide bonds. The molecule has 414 valence electrons. The van der Waals surface area contributed by atoms with E-state index in [1.54, 1.807) is 10.6 Å². The number of hydrogen-bond acceptors (Lipinski definition) is 3. The van der Waals surface area contributed by atoms with Crippen molar-refractivity contribution in [3.05, 3.63) is 247 Å². The first-order valence-corrected chi connectivity index (χ1v) is 25.9. The van der Waals surface area contributed by atoms with Crippen molar-refractivity contribution in [1.82, 2.24) is 24.1 Å². The fraction of sp³-hybridized carbons (Fsp3) is 0.0597. The molecule has 0 aliphatic heterocycles. The average molecular weight is 1140 g/mol. The van der Waals surface area contributed by atoms with Crippen molar-refractivity contribution >= 4 is 43.6 Å². The summed E-state index contributed by atoms with van der Waals surface area (Å²) in [6.45, 7) is 0. The van der Waals surface area contributed by atoms with E-state index in [1.807, 2.05) is 146 Å². The van der Waals surface area contributed by atoms with Gasteiger partial charge in [-0.25, -0.2) is 15.0 Å². The van der Waals surface area contributed by atoms with E-state index in [0.717, 1.165) is 33.1 Å². The van der Waals surface area contributed by atoms with E-state index in [4.69, 9.17) is 15.0 Å². The van der Waals surface area contributed by atoms with Gasteiger partial charge in [-0.15, -0.1) is 0 Å². The van der Waals surface area contributed by atoms with Gasteiger partial charge >= 0.3 is 24.7 Å². The van der Waals surface area contributed by atoms with E-state index >= 15 is 0 Å². The summed E-state index contributed by atoms with van der Waals surface area (Å²) in [6, 6.07) is 58.2. The second-order valence-corrected chi connectivity index (χ2v) is 20.0. The minimum Gasteiger partial charge on any atom is -0.309 e. The number of alkyl halides is 12. The van der Waals surface area contributed by atoms with Crippen LogP contribution >= 0.6 is 0 Å². The van der Waals surface area contributed by atoms with Crippen molar-refractivity contribution in [2.75, 3.05) is 0 Å². The van der Waals surface area contributed by atoms with Gasteiger partial charge in [-0.2, -0.15) is 52.7 Å². The van der Waals surface area contributed by atoms with Crippen LogP contribution in [-0.4, -0.2) is 24.1 Å². The molecule has 0 unspecified atom stereocenters. The number of aromatic nitrogens is 5. The summed E-state index contributed by atoms with van der Waals surface area (Å²) >= 11 is 0. The molecule has 0 radical (unpaired) electrons. The molecule has 0 atom stereocenters. The summed E-state index contributed by atoms with van der Waals surface area (Å²) < 4.78 is 177. The summed E-state index contributed by atoms with van der Waals surface area (Å²) in [5.41, 5.74) is -1.30. The lowest BCUT2D eigenvalue weighted by Gasteiger charge is -2.18. The van der Waals surface area contributed by atoms with Crippen LogP contribution in [0.4, 0.5) is 52.7 Å². The van der Waals surface area contributed by atoms with Crippen LogP contribution in [0.2, 0.25) is 0 Å². The average Bonchev–Trinajstić information content (AvgIpc) is 2.06. The molecule has 0 saturated carbocycles. The highest BCUT2D eigenvalue weighted by molar-refractivity contribution is 6.15. The molecule has 3 heterocycles. The van der Waals surface area contributed by atoms with Crippen molar-refractivity contribution in [3.8, 4) is 78.9 Å². The Balaban J connectivity index is 1.13. The van der Waals surface area contributed by atoms with Gasteiger partial charge in [-0.05, 0) is 107 Å². The van der Waals surface area contributed by atoms with E-state index in [0.29, 0.717) is 52.2 Å². The highest BCUT2D eigenvalue weighted by Crippen LogP contribution is 2.48. The SMILES string of the molecule is FC(F)(F)c1ccc(-c2ccc3c(c2)c2cc(-c4ccc(C(F)(F)F)cc4C(F)(F)F)ccc2n3-c2ccc(-c3cccc4c5ccccc5n(-c5ccccc5)c34)cc2-c2nc(-c3ccccc3)nc(-c3ccccc3)n2)c(C(F)(F)F)c1. The van der Waals surface area contributed by atoms with Gasteiger partial charge in [0.25, 0.3) is 0 Å². The van der Waals surface area contributed by atoms with Crippen LogP contribution in [0.15, 0.2) is 224 Å². The van der Waals surface area contributed by atoms with Crippen LogP contribution in [0.5, 0.6) is 0 Å². The van der Waals surface area contributed by atoms with Gasteiger partial charge in [0.05, 0.1) is 50.0 Å². The van der Waals surface area contributed by atoms with Crippen molar-refractivity contribution in [2.45, 2.75) is 24.7 Å². The number of nitrogens with zero attached hydrogens (tertiary/aromatic N) is 5. The summed E-state index contributed by atoms with van der Waals surface area (Å²) in [4.78, 5) is 15.2. The molecule has 13 rings (SSSR count). The third kappa shape index (κ3) is 9.44. The normalized spacial score (nSPS) is 12.5. The third-order valence-corrected chi connectivity index (χ3v) is 14.9. The monoisotopic (exact) mass is 1140 g/mol. The van der Waals surface area contributed by atoms with Crippen LogP contribution in [0, 0.1) is 0 Å². The largest absolute Gasteiger partial charge is 0.417 e. The summed E-state index contributed by atoms with van der Waals surface area (Å²) in [5, 5.41) is 2.16. The molecule has 10 aromatic carbocycles. The Kier molecular flexibility index (Phi) is 12.6. The lowest BCUT2D eigenvalue weighted by Crippen LogP contribution is -2.12. The lowest BCUT2D eigenvalue weighted by molar-refractivity contribution is -0.144. The Morgan fingerprint density at radius 2 is 0.714 bits per heavy atom. The van der Waals surface area contributed by atoms with Crippen LogP contribution in [0.3, 0.4) is 0 Å². The summed E-state index contributed by atoms with van der Waals surface area (Å²) in [5.74, 6) is 0.720. The van der Waals surface area contributed by atoms with Gasteiger partial charge in [-0.1, -0.05) is 146 Å². The highest BCUT2D eigenvalue weighted by atomic mass is 19.4. The number of benzene rings is 10. The van der Waals surface area contributed by atoms with E-state index < -0.39 is 58.1 Å². The van der Waals surface area contributed by atoms with Crippen molar-refractivity contribution in [3.63, 3.8) is 0 Å². The predicted octanol–water partition coefficient (Wildman–Crippen LogP) is 20.1. The number of fused-ring (bicyclic) bond motifs is 6. The predicted molar refractivity (Wildman–Crippen MR) is 301 cm³/mol. The molecule has 0 aliphatic rings. The number of rotatable bonds is 8. The Morgan fingerprint density at radius 3 is 1.23 bits per heavy atom. The zero-order valence-electron chi connectivity index (χ0n) is 43.1. The Morgan fingerprint density at radius 1 is 0.274 bits per heavy atom. The number of para-hydroxylation sites is 3. The Bertz CT molecular complexity index is 4520. The molecule has 0 fully saturated rings. The van der Waals surface area contributed by atoms with Gasteiger partial charge < -0.3 is 9.13 Å². The quantitative estimate of drug-likeness (QED) is 0.142. The smallest absolute Gasteiger partial charge is 0.309 e. The van der Waals surface area contributed by atoms with E-state index in [2.05, 4.69) is 4.57 Å². The second-order valence-electron chi connectivity index (χ2n) is 20.0.